The number of pyridine rings is 1. The van der Waals surface area contributed by atoms with Gasteiger partial charge in [-0.1, -0.05) is 29.8 Å². The van der Waals surface area contributed by atoms with E-state index in [2.05, 4.69) is 15.6 Å². The van der Waals surface area contributed by atoms with Crippen LogP contribution in [0.4, 0.5) is 5.69 Å². The van der Waals surface area contributed by atoms with E-state index in [1.54, 1.807) is 42.5 Å². The molecule has 1 aliphatic heterocycles. The fraction of sp³-hybridized carbons (Fsp3) is 0.240. The van der Waals surface area contributed by atoms with Crippen LogP contribution in [-0.2, 0) is 21.4 Å². The summed E-state index contributed by atoms with van der Waals surface area (Å²) in [6.07, 6.45) is 3.49. The lowest BCUT2D eigenvalue weighted by Gasteiger charge is -2.29. The van der Waals surface area contributed by atoms with E-state index in [9.17, 15) is 18.0 Å². The molecule has 1 aliphatic rings. The Labute approximate surface area is 209 Å². The van der Waals surface area contributed by atoms with Gasteiger partial charge in [-0.15, -0.1) is 0 Å². The van der Waals surface area contributed by atoms with E-state index in [0.717, 1.165) is 12.8 Å². The molecule has 2 heterocycles. The molecule has 4 rings (SSSR count). The second-order valence-electron chi connectivity index (χ2n) is 8.17. The second kappa shape index (κ2) is 11.0. The fourth-order valence-corrected chi connectivity index (χ4v) is 5.60. The van der Waals surface area contributed by atoms with Gasteiger partial charge in [0, 0.05) is 30.0 Å². The molecule has 1 aromatic heterocycles. The Morgan fingerprint density at radius 1 is 1.06 bits per heavy atom. The van der Waals surface area contributed by atoms with Crippen molar-refractivity contribution >= 4 is 39.1 Å². The van der Waals surface area contributed by atoms with Crippen molar-refractivity contribution in [3.63, 3.8) is 0 Å². The van der Waals surface area contributed by atoms with Crippen molar-refractivity contribution in [1.29, 1.82) is 0 Å². The van der Waals surface area contributed by atoms with Crippen LogP contribution in [0, 0.1) is 0 Å². The first-order valence-corrected chi connectivity index (χ1v) is 13.0. The number of nitrogens with one attached hydrogen (secondary N) is 2. The molecule has 0 radical (unpaired) electrons. The Hall–Kier alpha value is -3.27. The van der Waals surface area contributed by atoms with E-state index in [1.165, 1.54) is 34.8 Å². The number of rotatable bonds is 7. The maximum Gasteiger partial charge on any atom is 0.274 e. The largest absolute Gasteiger partial charge is 0.355 e. The molecule has 1 saturated heterocycles. The third-order valence-corrected chi connectivity index (χ3v) is 7.84. The molecule has 0 aliphatic carbocycles. The number of sulfonamides is 1. The molecule has 1 atom stereocenters. The highest BCUT2D eigenvalue weighted by Gasteiger charge is 2.36. The van der Waals surface area contributed by atoms with E-state index in [-0.39, 0.29) is 28.9 Å². The Bertz CT molecular complexity index is 1280. The van der Waals surface area contributed by atoms with Crippen LogP contribution in [0.5, 0.6) is 0 Å². The molecular weight excluding hydrogens is 488 g/mol. The van der Waals surface area contributed by atoms with Gasteiger partial charge in [0.1, 0.15) is 11.7 Å². The zero-order valence-corrected chi connectivity index (χ0v) is 20.4. The maximum atomic E-state index is 13.6. The van der Waals surface area contributed by atoms with Gasteiger partial charge in [-0.3, -0.25) is 14.6 Å². The predicted octanol–water partition coefficient (Wildman–Crippen LogP) is 3.85. The van der Waals surface area contributed by atoms with Crippen LogP contribution in [0.3, 0.4) is 0 Å². The molecule has 3 aromatic rings. The standard InChI is InChI=1S/C25H25ClN4O4S/c26-19-9-13-21(14-10-19)35(33,34)30(23-6-2-4-16-28-25(23)32)17-18-7-11-20(12-8-18)29-24(31)22-5-1-3-15-27-22/h1,3,5,7-15,23H,2,4,6,16-17H2,(H,28,32)(H,29,31)/t23-/m1/s1. The normalized spacial score (nSPS) is 16.4. The van der Waals surface area contributed by atoms with Gasteiger partial charge in [0.2, 0.25) is 15.9 Å². The van der Waals surface area contributed by atoms with E-state index in [0.29, 0.717) is 29.2 Å². The molecule has 2 aromatic carbocycles. The average Bonchev–Trinajstić information content (AvgIpc) is 3.08. The van der Waals surface area contributed by atoms with Gasteiger partial charge in [0.05, 0.1) is 4.90 Å². The molecule has 0 unspecified atom stereocenters. The summed E-state index contributed by atoms with van der Waals surface area (Å²) in [5.41, 5.74) is 1.51. The summed E-state index contributed by atoms with van der Waals surface area (Å²) in [6.45, 7) is 0.520. The fourth-order valence-electron chi connectivity index (χ4n) is 3.87. The topological polar surface area (TPSA) is 108 Å². The van der Waals surface area contributed by atoms with Crippen molar-refractivity contribution in [3.05, 3.63) is 89.2 Å². The summed E-state index contributed by atoms with van der Waals surface area (Å²) in [6, 6.07) is 17.0. The number of halogens is 1. The molecule has 0 spiro atoms. The molecule has 1 fully saturated rings. The first-order valence-electron chi connectivity index (χ1n) is 11.2. The van der Waals surface area contributed by atoms with Crippen molar-refractivity contribution < 1.29 is 18.0 Å². The van der Waals surface area contributed by atoms with Crippen molar-refractivity contribution in [2.45, 2.75) is 36.7 Å². The summed E-state index contributed by atoms with van der Waals surface area (Å²) in [4.78, 5) is 29.2. The predicted molar refractivity (Wildman–Crippen MR) is 133 cm³/mol. The molecule has 8 nitrogen and oxygen atoms in total. The summed E-state index contributed by atoms with van der Waals surface area (Å²) in [7, 11) is -3.99. The summed E-state index contributed by atoms with van der Waals surface area (Å²) in [5, 5.41) is 6.01. The van der Waals surface area contributed by atoms with E-state index >= 15 is 0 Å². The van der Waals surface area contributed by atoms with Gasteiger partial charge in [-0.05, 0) is 73.4 Å². The van der Waals surface area contributed by atoms with Crippen LogP contribution in [0.15, 0.2) is 77.8 Å². The van der Waals surface area contributed by atoms with Crippen molar-refractivity contribution in [3.8, 4) is 0 Å². The molecule has 0 saturated carbocycles. The summed E-state index contributed by atoms with van der Waals surface area (Å²) >= 11 is 5.95. The molecular formula is C25H25ClN4O4S. The monoisotopic (exact) mass is 512 g/mol. The highest BCUT2D eigenvalue weighted by molar-refractivity contribution is 7.89. The van der Waals surface area contributed by atoms with Gasteiger partial charge >= 0.3 is 0 Å². The van der Waals surface area contributed by atoms with Crippen LogP contribution in [0.25, 0.3) is 0 Å². The minimum absolute atomic E-state index is 0.00247. The Morgan fingerprint density at radius 3 is 2.49 bits per heavy atom. The minimum Gasteiger partial charge on any atom is -0.355 e. The molecule has 0 bridgehead atoms. The quantitative estimate of drug-likeness (QED) is 0.500. The number of nitrogens with zero attached hydrogens (tertiary/aromatic N) is 2. The number of anilines is 1. The number of hydrogen-bond acceptors (Lipinski definition) is 5. The van der Waals surface area contributed by atoms with Crippen molar-refractivity contribution in [1.82, 2.24) is 14.6 Å². The van der Waals surface area contributed by atoms with Gasteiger partial charge in [-0.2, -0.15) is 4.31 Å². The first kappa shape index (κ1) is 24.8. The van der Waals surface area contributed by atoms with E-state index < -0.39 is 16.1 Å². The first-order chi connectivity index (χ1) is 16.8. The van der Waals surface area contributed by atoms with Crippen LogP contribution in [0.2, 0.25) is 5.02 Å². The molecule has 2 amide bonds. The highest BCUT2D eigenvalue weighted by atomic mass is 35.5. The SMILES string of the molecule is O=C(Nc1ccc(CN([C@@H]2CCCCNC2=O)S(=O)(=O)c2ccc(Cl)cc2)cc1)c1ccccn1. The van der Waals surface area contributed by atoms with Crippen LogP contribution >= 0.6 is 11.6 Å². The molecule has 182 valence electrons. The maximum absolute atomic E-state index is 13.6. The van der Waals surface area contributed by atoms with E-state index in [1.807, 2.05) is 0 Å². The lowest BCUT2D eigenvalue weighted by molar-refractivity contribution is -0.124. The number of benzene rings is 2. The van der Waals surface area contributed by atoms with E-state index in [4.69, 9.17) is 11.6 Å². The van der Waals surface area contributed by atoms with Crippen LogP contribution < -0.4 is 10.6 Å². The zero-order chi connectivity index (χ0) is 24.8. The van der Waals surface area contributed by atoms with Crippen LogP contribution in [-0.4, -0.2) is 42.1 Å². The molecule has 2 N–H and O–H groups in total. The van der Waals surface area contributed by atoms with Gasteiger partial charge in [0.25, 0.3) is 5.91 Å². The lowest BCUT2D eigenvalue weighted by Crippen LogP contribution is -2.48. The van der Waals surface area contributed by atoms with Gasteiger partial charge in [-0.25, -0.2) is 8.42 Å². The third kappa shape index (κ3) is 6.05. The number of aromatic nitrogens is 1. The van der Waals surface area contributed by atoms with Crippen molar-refractivity contribution in [2.24, 2.45) is 0 Å². The lowest BCUT2D eigenvalue weighted by atomic mass is 10.1. The molecule has 10 heteroatoms. The number of carbonyl (C=O) groups is 2. The summed E-state index contributed by atoms with van der Waals surface area (Å²) < 4.78 is 28.5. The Morgan fingerprint density at radius 2 is 1.80 bits per heavy atom. The summed E-state index contributed by atoms with van der Waals surface area (Å²) in [5.74, 6) is -0.653. The van der Waals surface area contributed by atoms with Crippen LogP contribution in [0.1, 0.15) is 35.3 Å². The number of amides is 2. The van der Waals surface area contributed by atoms with Gasteiger partial charge in [0.15, 0.2) is 0 Å². The van der Waals surface area contributed by atoms with Gasteiger partial charge < -0.3 is 10.6 Å². The molecule has 35 heavy (non-hydrogen) atoms. The minimum atomic E-state index is -3.99. The zero-order valence-electron chi connectivity index (χ0n) is 18.9. The number of hydrogen-bond donors (Lipinski definition) is 2. The second-order valence-corrected chi connectivity index (χ2v) is 10.5. The van der Waals surface area contributed by atoms with Crippen molar-refractivity contribution in [2.75, 3.05) is 11.9 Å². The Kier molecular flexibility index (Phi) is 7.80. The third-order valence-electron chi connectivity index (χ3n) is 5.72. The highest BCUT2D eigenvalue weighted by Crippen LogP contribution is 2.26. The number of carbonyl (C=O) groups excluding carboxylic acids is 2. The Balaban J connectivity index is 1.58. The smallest absolute Gasteiger partial charge is 0.274 e. The average molecular weight is 513 g/mol.